The van der Waals surface area contributed by atoms with Gasteiger partial charge in [0.2, 0.25) is 0 Å². The number of ether oxygens (including phenoxy) is 1. The van der Waals surface area contributed by atoms with Gasteiger partial charge in [-0.05, 0) is 86.2 Å². The van der Waals surface area contributed by atoms with Gasteiger partial charge in [-0.3, -0.25) is 0 Å². The average molecular weight is 490 g/mol. The normalized spacial score (nSPS) is 11.6. The quantitative estimate of drug-likeness (QED) is 0.502. The minimum atomic E-state index is -1.46. The number of halogens is 2. The Kier molecular flexibility index (Phi) is 11.1. The molecule has 0 spiro atoms. The Bertz CT molecular complexity index is 800. The summed E-state index contributed by atoms with van der Waals surface area (Å²) in [5.41, 5.74) is 3.11. The molecule has 0 bridgehead atoms. The van der Waals surface area contributed by atoms with E-state index in [1.165, 1.54) is 24.9 Å². The van der Waals surface area contributed by atoms with Crippen LogP contribution in [0.4, 0.5) is 5.69 Å². The number of methoxy groups -OCH3 is 1. The maximum atomic E-state index is 12.5. The number of benzene rings is 2. The summed E-state index contributed by atoms with van der Waals surface area (Å²) in [5.74, 6) is 0.588. The maximum absolute atomic E-state index is 12.5. The number of hydrogen-bond acceptors (Lipinski definition) is 3. The minimum absolute atomic E-state index is 0.414. The van der Waals surface area contributed by atoms with Gasteiger partial charge < -0.3 is 14.4 Å². The largest absolute Gasteiger partial charge is 0.496 e. The summed E-state index contributed by atoms with van der Waals surface area (Å²) in [5, 5.41) is 0.414. The first kappa shape index (κ1) is 25.0. The summed E-state index contributed by atoms with van der Waals surface area (Å²) in [6.45, 7) is 7.49. The van der Waals surface area contributed by atoms with E-state index in [-0.39, 0.29) is 0 Å². The van der Waals surface area contributed by atoms with Crippen molar-refractivity contribution in [3.63, 3.8) is 0 Å². The van der Waals surface area contributed by atoms with Gasteiger partial charge in [-0.2, -0.15) is 0 Å². The molecule has 0 aliphatic rings. The molecule has 156 valence electrons. The zero-order valence-corrected chi connectivity index (χ0v) is 20.6. The van der Waals surface area contributed by atoms with Crippen LogP contribution in [0, 0.1) is 13.8 Å². The predicted octanol–water partition coefficient (Wildman–Crippen LogP) is 6.21. The fourth-order valence-electron chi connectivity index (χ4n) is 2.25. The van der Waals surface area contributed by atoms with E-state index >= 15 is 0 Å². The Morgan fingerprint density at radius 2 is 1.86 bits per heavy atom. The molecule has 0 saturated carbocycles. The molecule has 0 aliphatic heterocycles. The van der Waals surface area contributed by atoms with Crippen LogP contribution in [0.1, 0.15) is 30.9 Å². The van der Waals surface area contributed by atoms with Crippen molar-refractivity contribution in [3.05, 3.63) is 51.0 Å². The molecule has 2 aromatic carbocycles. The van der Waals surface area contributed by atoms with Crippen LogP contribution in [0.15, 0.2) is 39.7 Å². The Hall–Kier alpha value is -1.08. The van der Waals surface area contributed by atoms with Crippen molar-refractivity contribution in [3.8, 4) is 5.75 Å². The molecule has 4 nitrogen and oxygen atoms in total. The van der Waals surface area contributed by atoms with Gasteiger partial charge in [0, 0.05) is 11.8 Å². The Morgan fingerprint density at radius 1 is 1.18 bits per heavy atom. The SMILES string of the molecule is CCCCN(C)C.COc1cc(S(=O)Nc2ccc(C)c(C)c2)c(Cl)cc1Br. The number of anilines is 1. The highest BCUT2D eigenvalue weighted by atomic mass is 79.9. The van der Waals surface area contributed by atoms with Gasteiger partial charge >= 0.3 is 0 Å². The van der Waals surface area contributed by atoms with E-state index < -0.39 is 11.0 Å². The standard InChI is InChI=1S/C15H15BrClNO2S.C6H15N/c1-9-4-5-11(6-10(9)2)18-21(19)15-8-14(20-3)12(16)7-13(15)17;1-4-5-6-7(2)3/h4-8,18H,1-3H3;4-6H2,1-3H3. The molecular weight excluding hydrogens is 460 g/mol. The highest BCUT2D eigenvalue weighted by molar-refractivity contribution is 9.10. The van der Waals surface area contributed by atoms with Crippen molar-refractivity contribution < 1.29 is 8.95 Å². The molecule has 0 aromatic heterocycles. The topological polar surface area (TPSA) is 41.6 Å². The first-order valence-electron chi connectivity index (χ1n) is 9.13. The second kappa shape index (κ2) is 12.5. The summed E-state index contributed by atoms with van der Waals surface area (Å²) in [6.07, 6.45) is 2.63. The molecule has 0 heterocycles. The summed E-state index contributed by atoms with van der Waals surface area (Å²) in [4.78, 5) is 2.69. The molecule has 28 heavy (non-hydrogen) atoms. The minimum Gasteiger partial charge on any atom is -0.496 e. The summed E-state index contributed by atoms with van der Waals surface area (Å²) in [7, 11) is 4.30. The van der Waals surface area contributed by atoms with Crippen molar-refractivity contribution in [2.45, 2.75) is 38.5 Å². The van der Waals surface area contributed by atoms with Crippen molar-refractivity contribution in [1.29, 1.82) is 0 Å². The molecule has 0 saturated heterocycles. The monoisotopic (exact) mass is 488 g/mol. The molecule has 0 fully saturated rings. The maximum Gasteiger partial charge on any atom is 0.151 e. The second-order valence-corrected chi connectivity index (χ2v) is 9.19. The zero-order chi connectivity index (χ0) is 21.3. The Balaban J connectivity index is 0.000000480. The summed E-state index contributed by atoms with van der Waals surface area (Å²) < 4.78 is 21.3. The summed E-state index contributed by atoms with van der Waals surface area (Å²) in [6, 6.07) is 9.17. The van der Waals surface area contributed by atoms with Crippen LogP contribution in [-0.2, 0) is 11.0 Å². The molecule has 0 amide bonds. The lowest BCUT2D eigenvalue weighted by molar-refractivity contribution is 0.398. The number of nitrogens with zero attached hydrogens (tertiary/aromatic N) is 1. The van der Waals surface area contributed by atoms with E-state index in [1.54, 1.807) is 19.2 Å². The molecule has 0 radical (unpaired) electrons. The van der Waals surface area contributed by atoms with Crippen molar-refractivity contribution >= 4 is 44.2 Å². The third-order valence-electron chi connectivity index (χ3n) is 4.08. The molecule has 0 aliphatic carbocycles. The Labute approximate surface area is 185 Å². The highest BCUT2D eigenvalue weighted by Crippen LogP contribution is 2.33. The lowest BCUT2D eigenvalue weighted by atomic mass is 10.1. The molecule has 2 rings (SSSR count). The van der Waals surface area contributed by atoms with Crippen LogP contribution in [0.2, 0.25) is 5.02 Å². The van der Waals surface area contributed by atoms with E-state index in [1.807, 2.05) is 32.0 Å². The first-order valence-corrected chi connectivity index (χ1v) is 11.4. The van der Waals surface area contributed by atoms with Crippen molar-refractivity contribution in [1.82, 2.24) is 4.90 Å². The second-order valence-electron chi connectivity index (χ2n) is 6.74. The van der Waals surface area contributed by atoms with Gasteiger partial charge in [-0.1, -0.05) is 31.0 Å². The van der Waals surface area contributed by atoms with Crippen LogP contribution in [0.5, 0.6) is 5.75 Å². The van der Waals surface area contributed by atoms with Gasteiger partial charge in [-0.15, -0.1) is 0 Å². The van der Waals surface area contributed by atoms with Crippen LogP contribution >= 0.6 is 27.5 Å². The van der Waals surface area contributed by atoms with E-state index in [9.17, 15) is 4.21 Å². The van der Waals surface area contributed by atoms with Crippen molar-refractivity contribution in [2.24, 2.45) is 0 Å². The smallest absolute Gasteiger partial charge is 0.151 e. The van der Waals surface area contributed by atoms with E-state index in [0.717, 1.165) is 15.7 Å². The van der Waals surface area contributed by atoms with E-state index in [0.29, 0.717) is 15.7 Å². The van der Waals surface area contributed by atoms with Crippen molar-refractivity contribution in [2.75, 3.05) is 32.5 Å². The van der Waals surface area contributed by atoms with Gasteiger partial charge in [0.05, 0.1) is 21.5 Å². The van der Waals surface area contributed by atoms with Gasteiger partial charge in [-0.25, -0.2) is 4.21 Å². The predicted molar refractivity (Wildman–Crippen MR) is 125 cm³/mol. The highest BCUT2D eigenvalue weighted by Gasteiger charge is 2.13. The number of unbranched alkanes of at least 4 members (excludes halogenated alkanes) is 1. The fraction of sp³-hybridized carbons (Fsp3) is 0.429. The lowest BCUT2D eigenvalue weighted by Crippen LogP contribution is -2.12. The molecule has 7 heteroatoms. The zero-order valence-electron chi connectivity index (χ0n) is 17.4. The third-order valence-corrected chi connectivity index (χ3v) is 6.29. The van der Waals surface area contributed by atoms with Gasteiger partial charge in [0.1, 0.15) is 5.75 Å². The number of nitrogens with one attached hydrogen (secondary N) is 1. The van der Waals surface area contributed by atoms with Crippen LogP contribution in [0.25, 0.3) is 0 Å². The van der Waals surface area contributed by atoms with Gasteiger partial charge in [0.15, 0.2) is 11.0 Å². The fourth-order valence-corrected chi connectivity index (χ4v) is 4.16. The molecular formula is C21H30BrClN2O2S. The van der Waals surface area contributed by atoms with Crippen LogP contribution in [0.3, 0.4) is 0 Å². The van der Waals surface area contributed by atoms with Crippen LogP contribution in [-0.4, -0.2) is 36.9 Å². The molecule has 2 aromatic rings. The third kappa shape index (κ3) is 8.11. The average Bonchev–Trinajstić information content (AvgIpc) is 2.63. The number of hydrogen-bond donors (Lipinski definition) is 1. The lowest BCUT2D eigenvalue weighted by Gasteiger charge is -2.11. The molecule has 1 atom stereocenters. The summed E-state index contributed by atoms with van der Waals surface area (Å²) >= 11 is 9.50. The molecule has 1 N–H and O–H groups in total. The van der Waals surface area contributed by atoms with Crippen LogP contribution < -0.4 is 9.46 Å². The van der Waals surface area contributed by atoms with E-state index in [4.69, 9.17) is 16.3 Å². The molecule has 1 unspecified atom stereocenters. The Morgan fingerprint density at radius 3 is 2.36 bits per heavy atom. The number of aryl methyl sites for hydroxylation is 2. The van der Waals surface area contributed by atoms with Gasteiger partial charge in [0.25, 0.3) is 0 Å². The van der Waals surface area contributed by atoms with E-state index in [2.05, 4.69) is 46.6 Å². The first-order chi connectivity index (χ1) is 13.2. The number of rotatable bonds is 7.